The topological polar surface area (TPSA) is 94.1 Å². The maximum Gasteiger partial charge on any atom is 0.339 e. The van der Waals surface area contributed by atoms with E-state index in [1.165, 1.54) is 11.3 Å². The predicted octanol–water partition coefficient (Wildman–Crippen LogP) is 4.76. The molecule has 0 atom stereocenters. The zero-order chi connectivity index (χ0) is 21.2. The van der Waals surface area contributed by atoms with Crippen LogP contribution in [0.4, 0.5) is 5.69 Å². The summed E-state index contributed by atoms with van der Waals surface area (Å²) < 4.78 is 13.7. The fourth-order valence-electron chi connectivity index (χ4n) is 3.20. The Balaban J connectivity index is 1.36. The first-order valence-corrected chi connectivity index (χ1v) is 10.9. The van der Waals surface area contributed by atoms with Crippen LogP contribution in [0.2, 0.25) is 0 Å². The molecule has 0 unspecified atom stereocenters. The Hall–Kier alpha value is -3.69. The van der Waals surface area contributed by atoms with Crippen molar-refractivity contribution in [3.05, 3.63) is 71.6 Å². The third-order valence-corrected chi connectivity index (χ3v) is 6.04. The third-order valence-electron chi connectivity index (χ3n) is 4.60. The van der Waals surface area contributed by atoms with Gasteiger partial charge in [0.05, 0.1) is 39.1 Å². The molecule has 0 aliphatic heterocycles. The zero-order valence-corrected chi connectivity index (χ0v) is 17.6. The number of aromatic nitrogens is 3. The Morgan fingerprint density at radius 1 is 0.968 bits per heavy atom. The average molecular weight is 447 g/mol. The summed E-state index contributed by atoms with van der Waals surface area (Å²) in [7, 11) is 0. The van der Waals surface area contributed by atoms with Crippen molar-refractivity contribution in [1.29, 1.82) is 0 Å². The molecular formula is C22H14N4O3S2. The van der Waals surface area contributed by atoms with Crippen LogP contribution in [0.3, 0.4) is 0 Å². The van der Waals surface area contributed by atoms with Crippen molar-refractivity contribution in [1.82, 2.24) is 13.7 Å². The Kier molecular flexibility index (Phi) is 5.11. The number of fused-ring (bicyclic) bond motifs is 2. The molecule has 3 aromatic heterocycles. The van der Waals surface area contributed by atoms with Gasteiger partial charge in [0.2, 0.25) is 0 Å². The van der Waals surface area contributed by atoms with Crippen LogP contribution < -0.4 is 5.32 Å². The van der Waals surface area contributed by atoms with Gasteiger partial charge in [-0.3, -0.25) is 4.79 Å². The number of nitrogens with one attached hydrogen (secondary N) is 1. The lowest BCUT2D eigenvalue weighted by Crippen LogP contribution is -2.21. The molecule has 31 heavy (non-hydrogen) atoms. The van der Waals surface area contributed by atoms with Crippen LogP contribution in [0, 0.1) is 0 Å². The van der Waals surface area contributed by atoms with E-state index in [0.717, 1.165) is 16.6 Å². The van der Waals surface area contributed by atoms with Crippen molar-refractivity contribution in [3.63, 3.8) is 0 Å². The summed E-state index contributed by atoms with van der Waals surface area (Å²) in [4.78, 5) is 30.8. The van der Waals surface area contributed by atoms with E-state index in [-0.39, 0.29) is 0 Å². The lowest BCUT2D eigenvalue weighted by molar-refractivity contribution is -0.119. The minimum absolute atomic E-state index is 0.368. The van der Waals surface area contributed by atoms with Crippen molar-refractivity contribution >= 4 is 62.6 Å². The smallest absolute Gasteiger partial charge is 0.339 e. The van der Waals surface area contributed by atoms with Gasteiger partial charge in [0.25, 0.3) is 5.91 Å². The van der Waals surface area contributed by atoms with Crippen LogP contribution in [-0.2, 0) is 9.53 Å². The minimum atomic E-state index is -0.583. The summed E-state index contributed by atoms with van der Waals surface area (Å²) >= 11 is 2.61. The summed E-state index contributed by atoms with van der Waals surface area (Å²) in [5.41, 5.74) is 3.58. The molecule has 0 fully saturated rings. The summed E-state index contributed by atoms with van der Waals surface area (Å²) in [6.07, 6.45) is 0. The van der Waals surface area contributed by atoms with Gasteiger partial charge in [0.1, 0.15) is 11.0 Å². The largest absolute Gasteiger partial charge is 0.452 e. The monoisotopic (exact) mass is 446 g/mol. The molecule has 9 heteroatoms. The number of anilines is 1. The summed E-state index contributed by atoms with van der Waals surface area (Å²) in [5, 5.41) is 5.35. The van der Waals surface area contributed by atoms with Gasteiger partial charge in [-0.2, -0.15) is 8.75 Å². The number of hydrogen-bond acceptors (Lipinski definition) is 8. The SMILES string of the molecule is O=C(COC(=O)c1cc(-c2cccs2)nc2ccccc12)Nc1cccc2nsnc12. The number of amides is 1. The van der Waals surface area contributed by atoms with Crippen LogP contribution in [0.25, 0.3) is 32.5 Å². The van der Waals surface area contributed by atoms with E-state index in [2.05, 4.69) is 19.0 Å². The zero-order valence-electron chi connectivity index (χ0n) is 15.9. The highest BCUT2D eigenvalue weighted by atomic mass is 32.1. The molecule has 0 radical (unpaired) electrons. The number of ether oxygens (including phenoxy) is 1. The highest BCUT2D eigenvalue weighted by Crippen LogP contribution is 2.28. The second kappa shape index (κ2) is 8.21. The van der Waals surface area contributed by atoms with Crippen LogP contribution in [0.15, 0.2) is 66.0 Å². The molecular weight excluding hydrogens is 432 g/mol. The van der Waals surface area contributed by atoms with Crippen molar-refractivity contribution in [2.45, 2.75) is 0 Å². The van der Waals surface area contributed by atoms with E-state index in [4.69, 9.17) is 4.74 Å². The molecule has 7 nitrogen and oxygen atoms in total. The summed E-state index contributed by atoms with van der Waals surface area (Å²) in [6, 6.07) is 18.3. The quantitative estimate of drug-likeness (QED) is 0.391. The van der Waals surface area contributed by atoms with Gasteiger partial charge in [-0.25, -0.2) is 9.78 Å². The van der Waals surface area contributed by atoms with Crippen molar-refractivity contribution in [3.8, 4) is 10.6 Å². The van der Waals surface area contributed by atoms with Gasteiger partial charge in [-0.1, -0.05) is 30.3 Å². The van der Waals surface area contributed by atoms with Crippen molar-refractivity contribution in [2.75, 3.05) is 11.9 Å². The molecule has 1 N–H and O–H groups in total. The normalized spacial score (nSPS) is 11.0. The third kappa shape index (κ3) is 3.88. The average Bonchev–Trinajstić information content (AvgIpc) is 3.49. The van der Waals surface area contributed by atoms with Gasteiger partial charge in [-0.15, -0.1) is 11.3 Å². The second-order valence-electron chi connectivity index (χ2n) is 6.61. The van der Waals surface area contributed by atoms with Gasteiger partial charge in [0.15, 0.2) is 6.61 Å². The minimum Gasteiger partial charge on any atom is -0.452 e. The van der Waals surface area contributed by atoms with E-state index in [9.17, 15) is 9.59 Å². The van der Waals surface area contributed by atoms with E-state index in [1.807, 2.05) is 47.8 Å². The van der Waals surface area contributed by atoms with E-state index in [0.29, 0.717) is 38.9 Å². The molecule has 152 valence electrons. The molecule has 5 rings (SSSR count). The van der Waals surface area contributed by atoms with Gasteiger partial charge < -0.3 is 10.1 Å². The number of nitrogens with zero attached hydrogens (tertiary/aromatic N) is 3. The van der Waals surface area contributed by atoms with Gasteiger partial charge in [-0.05, 0) is 35.7 Å². The second-order valence-corrected chi connectivity index (χ2v) is 8.09. The molecule has 0 aliphatic rings. The van der Waals surface area contributed by atoms with Crippen LogP contribution in [0.5, 0.6) is 0 Å². The molecule has 1 amide bonds. The number of carbonyl (C=O) groups is 2. The summed E-state index contributed by atoms with van der Waals surface area (Å²) in [5.74, 6) is -1.04. The van der Waals surface area contributed by atoms with Crippen LogP contribution in [0.1, 0.15) is 10.4 Å². The number of rotatable bonds is 5. The molecule has 0 aliphatic carbocycles. The molecule has 0 bridgehead atoms. The highest BCUT2D eigenvalue weighted by molar-refractivity contribution is 7.13. The fourth-order valence-corrected chi connectivity index (χ4v) is 4.43. The number of thiophene rings is 1. The molecule has 2 aromatic carbocycles. The lowest BCUT2D eigenvalue weighted by Gasteiger charge is -2.10. The van der Waals surface area contributed by atoms with Gasteiger partial charge >= 0.3 is 5.97 Å². The first-order chi connectivity index (χ1) is 15.2. The number of benzene rings is 2. The Labute approximate surface area is 184 Å². The number of carbonyl (C=O) groups excluding carboxylic acids is 2. The van der Waals surface area contributed by atoms with Crippen molar-refractivity contribution < 1.29 is 14.3 Å². The fraction of sp³-hybridized carbons (Fsp3) is 0.0455. The van der Waals surface area contributed by atoms with Gasteiger partial charge in [0, 0.05) is 5.39 Å². The summed E-state index contributed by atoms with van der Waals surface area (Å²) in [6.45, 7) is -0.419. The lowest BCUT2D eigenvalue weighted by atomic mass is 10.1. The predicted molar refractivity (Wildman–Crippen MR) is 121 cm³/mol. The number of pyridine rings is 1. The maximum absolute atomic E-state index is 12.9. The molecule has 5 aromatic rings. The van der Waals surface area contributed by atoms with E-state index in [1.54, 1.807) is 18.2 Å². The number of esters is 1. The van der Waals surface area contributed by atoms with E-state index >= 15 is 0 Å². The molecule has 0 spiro atoms. The first kappa shape index (κ1) is 19.3. The highest BCUT2D eigenvalue weighted by Gasteiger charge is 2.17. The Bertz CT molecular complexity index is 1410. The van der Waals surface area contributed by atoms with Crippen LogP contribution in [-0.4, -0.2) is 32.2 Å². The van der Waals surface area contributed by atoms with E-state index < -0.39 is 18.5 Å². The Morgan fingerprint density at radius 2 is 1.84 bits per heavy atom. The molecule has 3 heterocycles. The maximum atomic E-state index is 12.9. The molecule has 0 saturated heterocycles. The Morgan fingerprint density at radius 3 is 2.71 bits per heavy atom. The standard InChI is InChI=1S/C22H14N4O3S2/c27-20(24-16-7-3-8-17-21(16)26-31-25-17)12-29-22(28)14-11-18(19-9-4-10-30-19)23-15-6-2-1-5-13(14)15/h1-11H,12H2,(H,24,27). The number of para-hydroxylation sites is 1. The molecule has 0 saturated carbocycles. The first-order valence-electron chi connectivity index (χ1n) is 9.31. The van der Waals surface area contributed by atoms with Crippen molar-refractivity contribution in [2.24, 2.45) is 0 Å². The number of hydrogen-bond donors (Lipinski definition) is 1. The van der Waals surface area contributed by atoms with Crippen LogP contribution >= 0.6 is 23.1 Å².